The SMILES string of the molecule is C=CC(=O)N1CCC(N[C@H]2CCc3cc(-c4nc5ccc(COC)nn5c4-c4ccccc4)ccc32)CC1. The lowest BCUT2D eigenvalue weighted by molar-refractivity contribution is -0.127. The average Bonchev–Trinajstić information content (AvgIpc) is 3.54. The number of ether oxygens (including phenoxy) is 1. The Kier molecular flexibility index (Phi) is 6.79. The lowest BCUT2D eigenvalue weighted by atomic mass is 9.99. The van der Waals surface area contributed by atoms with E-state index in [9.17, 15) is 4.79 Å². The van der Waals surface area contributed by atoms with Gasteiger partial charge in [-0.25, -0.2) is 9.50 Å². The third kappa shape index (κ3) is 4.64. The second kappa shape index (κ2) is 10.5. The Morgan fingerprint density at radius 2 is 1.89 bits per heavy atom. The molecule has 2 aromatic heterocycles. The first-order valence-corrected chi connectivity index (χ1v) is 13.4. The molecule has 194 valence electrons. The second-order valence-corrected chi connectivity index (χ2v) is 10.2. The summed E-state index contributed by atoms with van der Waals surface area (Å²) in [4.78, 5) is 18.8. The van der Waals surface area contributed by atoms with E-state index in [2.05, 4.69) is 42.2 Å². The molecule has 0 radical (unpaired) electrons. The van der Waals surface area contributed by atoms with Crippen molar-refractivity contribution < 1.29 is 9.53 Å². The van der Waals surface area contributed by atoms with Crippen LogP contribution < -0.4 is 5.32 Å². The number of amides is 1. The molecule has 38 heavy (non-hydrogen) atoms. The molecule has 4 aromatic rings. The van der Waals surface area contributed by atoms with Crippen molar-refractivity contribution in [3.8, 4) is 22.5 Å². The molecule has 1 fully saturated rings. The Morgan fingerprint density at radius 3 is 2.66 bits per heavy atom. The smallest absolute Gasteiger partial charge is 0.245 e. The normalized spacial score (nSPS) is 17.6. The van der Waals surface area contributed by atoms with Gasteiger partial charge in [-0.05, 0) is 61.1 Å². The quantitative estimate of drug-likeness (QED) is 0.358. The molecule has 1 amide bonds. The van der Waals surface area contributed by atoms with E-state index in [1.165, 1.54) is 17.2 Å². The van der Waals surface area contributed by atoms with Gasteiger partial charge in [0.25, 0.3) is 0 Å². The molecule has 0 saturated carbocycles. The van der Waals surface area contributed by atoms with Crippen molar-refractivity contribution in [2.75, 3.05) is 20.2 Å². The van der Waals surface area contributed by atoms with Crippen LogP contribution in [0.25, 0.3) is 28.2 Å². The molecular formula is C31H33N5O2. The summed E-state index contributed by atoms with van der Waals surface area (Å²) in [7, 11) is 1.68. The van der Waals surface area contributed by atoms with Crippen molar-refractivity contribution in [1.82, 2.24) is 24.8 Å². The van der Waals surface area contributed by atoms with Crippen LogP contribution in [0.15, 0.2) is 73.3 Å². The van der Waals surface area contributed by atoms with Crippen LogP contribution >= 0.6 is 0 Å². The Bertz CT molecular complexity index is 1470. The molecule has 1 atom stereocenters. The molecule has 6 rings (SSSR count). The fraction of sp³-hybridized carbons (Fsp3) is 0.323. The molecule has 0 bridgehead atoms. The minimum absolute atomic E-state index is 0.0362. The molecule has 3 heterocycles. The summed E-state index contributed by atoms with van der Waals surface area (Å²) in [6, 6.07) is 21.9. The summed E-state index contributed by atoms with van der Waals surface area (Å²) < 4.78 is 7.27. The molecule has 2 aliphatic rings. The van der Waals surface area contributed by atoms with Crippen LogP contribution in [0, 0.1) is 0 Å². The van der Waals surface area contributed by atoms with Crippen molar-refractivity contribution in [3.63, 3.8) is 0 Å². The number of likely N-dealkylation sites (tertiary alicyclic amines) is 1. The summed E-state index contributed by atoms with van der Waals surface area (Å²) in [6.07, 6.45) is 5.49. The van der Waals surface area contributed by atoms with Crippen molar-refractivity contribution in [3.05, 3.63) is 90.1 Å². The zero-order chi connectivity index (χ0) is 26.1. The Balaban J connectivity index is 1.29. The largest absolute Gasteiger partial charge is 0.378 e. The van der Waals surface area contributed by atoms with Gasteiger partial charge in [0.1, 0.15) is 5.69 Å². The van der Waals surface area contributed by atoms with E-state index in [1.807, 2.05) is 39.7 Å². The number of carbonyl (C=O) groups is 1. The Labute approximate surface area is 223 Å². The van der Waals surface area contributed by atoms with E-state index in [4.69, 9.17) is 14.8 Å². The lowest BCUT2D eigenvalue weighted by Crippen LogP contribution is -2.45. The summed E-state index contributed by atoms with van der Waals surface area (Å²) >= 11 is 0. The number of piperidine rings is 1. The maximum atomic E-state index is 11.9. The fourth-order valence-corrected chi connectivity index (χ4v) is 5.87. The van der Waals surface area contributed by atoms with Gasteiger partial charge in [0.15, 0.2) is 5.65 Å². The maximum absolute atomic E-state index is 11.9. The first-order valence-electron chi connectivity index (χ1n) is 13.4. The van der Waals surface area contributed by atoms with Gasteiger partial charge in [-0.1, -0.05) is 49.0 Å². The summed E-state index contributed by atoms with van der Waals surface area (Å²) in [5.41, 5.74) is 8.57. The standard InChI is InChI=1S/C31H33N5O2/c1-3-29(37)35-17-15-24(16-18-35)32-27-13-10-22-19-23(9-12-26(22)27)30-31(21-7-5-4-6-8-21)36-28(33-30)14-11-25(34-36)20-38-2/h3-9,11-12,14,19,24,27,32H,1,10,13,15-18,20H2,2H3/t27-/m0/s1. The third-order valence-corrected chi connectivity index (χ3v) is 7.78. The first-order chi connectivity index (χ1) is 18.6. The number of aromatic nitrogens is 3. The zero-order valence-corrected chi connectivity index (χ0v) is 21.8. The van der Waals surface area contributed by atoms with Crippen molar-refractivity contribution in [2.45, 2.75) is 44.4 Å². The molecule has 0 spiro atoms. The number of nitrogens with zero attached hydrogens (tertiary/aromatic N) is 4. The number of fused-ring (bicyclic) bond motifs is 2. The number of hydrogen-bond donors (Lipinski definition) is 1. The van der Waals surface area contributed by atoms with E-state index in [-0.39, 0.29) is 5.91 Å². The van der Waals surface area contributed by atoms with Gasteiger partial charge in [-0.2, -0.15) is 5.10 Å². The monoisotopic (exact) mass is 507 g/mol. The van der Waals surface area contributed by atoms with Crippen LogP contribution in [-0.2, 0) is 22.6 Å². The highest BCUT2D eigenvalue weighted by Crippen LogP contribution is 2.38. The zero-order valence-electron chi connectivity index (χ0n) is 21.8. The topological polar surface area (TPSA) is 71.8 Å². The molecule has 2 aromatic carbocycles. The number of aryl methyl sites for hydroxylation is 1. The van der Waals surface area contributed by atoms with E-state index >= 15 is 0 Å². The molecule has 7 heteroatoms. The van der Waals surface area contributed by atoms with Gasteiger partial charge in [0, 0.05) is 43.4 Å². The van der Waals surface area contributed by atoms with Crippen molar-refractivity contribution in [2.24, 2.45) is 0 Å². The summed E-state index contributed by atoms with van der Waals surface area (Å²) in [6.45, 7) is 5.65. The molecule has 0 unspecified atom stereocenters. The van der Waals surface area contributed by atoms with Crippen LogP contribution in [0.4, 0.5) is 0 Å². The van der Waals surface area contributed by atoms with Gasteiger partial charge in [0.05, 0.1) is 18.0 Å². The van der Waals surface area contributed by atoms with E-state index in [0.717, 1.165) is 72.6 Å². The van der Waals surface area contributed by atoms with E-state index < -0.39 is 0 Å². The number of nitrogens with one attached hydrogen (secondary N) is 1. The summed E-state index contributed by atoms with van der Waals surface area (Å²) in [5, 5.41) is 8.73. The third-order valence-electron chi connectivity index (χ3n) is 7.78. The predicted octanol–water partition coefficient (Wildman–Crippen LogP) is 4.96. The molecule has 1 aliphatic carbocycles. The molecule has 7 nitrogen and oxygen atoms in total. The van der Waals surface area contributed by atoms with E-state index in [1.54, 1.807) is 7.11 Å². The van der Waals surface area contributed by atoms with Crippen LogP contribution in [0.1, 0.15) is 42.1 Å². The minimum Gasteiger partial charge on any atom is -0.378 e. The van der Waals surface area contributed by atoms with Crippen LogP contribution in [0.2, 0.25) is 0 Å². The molecule has 1 saturated heterocycles. The predicted molar refractivity (Wildman–Crippen MR) is 149 cm³/mol. The van der Waals surface area contributed by atoms with Gasteiger partial charge in [0.2, 0.25) is 5.91 Å². The second-order valence-electron chi connectivity index (χ2n) is 10.2. The van der Waals surface area contributed by atoms with Crippen LogP contribution in [-0.4, -0.2) is 51.6 Å². The van der Waals surface area contributed by atoms with Crippen LogP contribution in [0.3, 0.4) is 0 Å². The van der Waals surface area contributed by atoms with Crippen LogP contribution in [0.5, 0.6) is 0 Å². The van der Waals surface area contributed by atoms with Gasteiger partial charge < -0.3 is 15.0 Å². The number of benzene rings is 2. The van der Waals surface area contributed by atoms with Crippen molar-refractivity contribution in [1.29, 1.82) is 0 Å². The van der Waals surface area contributed by atoms with E-state index in [0.29, 0.717) is 18.7 Å². The highest BCUT2D eigenvalue weighted by atomic mass is 16.5. The highest BCUT2D eigenvalue weighted by molar-refractivity contribution is 5.87. The first kappa shape index (κ1) is 24.5. The number of methoxy groups -OCH3 is 1. The molecule has 1 aliphatic heterocycles. The highest BCUT2D eigenvalue weighted by Gasteiger charge is 2.28. The Morgan fingerprint density at radius 1 is 1.08 bits per heavy atom. The van der Waals surface area contributed by atoms with Crippen molar-refractivity contribution >= 4 is 11.6 Å². The number of rotatable bonds is 7. The maximum Gasteiger partial charge on any atom is 0.245 e. The number of hydrogen-bond acceptors (Lipinski definition) is 5. The number of imidazole rings is 1. The average molecular weight is 508 g/mol. The Hall–Kier alpha value is -3.81. The van der Waals surface area contributed by atoms with Gasteiger partial charge >= 0.3 is 0 Å². The fourth-order valence-electron chi connectivity index (χ4n) is 5.87. The molecular weight excluding hydrogens is 474 g/mol. The van der Waals surface area contributed by atoms with Gasteiger partial charge in [-0.15, -0.1) is 0 Å². The van der Waals surface area contributed by atoms with Gasteiger partial charge in [-0.3, -0.25) is 4.79 Å². The molecule has 1 N–H and O–H groups in total. The minimum atomic E-state index is 0.0362. The lowest BCUT2D eigenvalue weighted by Gasteiger charge is -2.33. The number of carbonyl (C=O) groups excluding carboxylic acids is 1. The summed E-state index contributed by atoms with van der Waals surface area (Å²) in [5.74, 6) is 0.0362.